The normalized spacial score (nSPS) is 14.1. The second-order valence-corrected chi connectivity index (χ2v) is 3.38. The van der Waals surface area contributed by atoms with Gasteiger partial charge in [-0.25, -0.2) is 4.98 Å². The Balaban J connectivity index is 0.00000144. The van der Waals surface area contributed by atoms with E-state index in [1.165, 1.54) is 0 Å². The lowest BCUT2D eigenvalue weighted by Crippen LogP contribution is -2.40. The topological polar surface area (TPSA) is 71.4 Å². The first-order chi connectivity index (χ1) is 7.88. The maximum atomic E-state index is 5.02. The van der Waals surface area contributed by atoms with Crippen LogP contribution >= 0.6 is 24.0 Å². The summed E-state index contributed by atoms with van der Waals surface area (Å²) in [5, 5.41) is 6.32. The molecule has 0 spiro atoms. The largest absolute Gasteiger partial charge is 0.481 e. The molecule has 7 heteroatoms. The highest BCUT2D eigenvalue weighted by atomic mass is 127. The molecular formula is C10H16IN5O. The van der Waals surface area contributed by atoms with Crippen molar-refractivity contribution in [2.45, 2.75) is 13.0 Å². The Morgan fingerprint density at radius 3 is 3.12 bits per heavy atom. The molecule has 1 aromatic rings. The van der Waals surface area contributed by atoms with E-state index in [-0.39, 0.29) is 24.0 Å². The molecule has 94 valence electrons. The fraction of sp³-hybridized carbons (Fsp3) is 0.500. The Kier molecular flexibility index (Phi) is 5.95. The van der Waals surface area contributed by atoms with E-state index in [4.69, 9.17) is 4.74 Å². The van der Waals surface area contributed by atoms with Gasteiger partial charge in [0, 0.05) is 25.4 Å². The average molecular weight is 349 g/mol. The molecule has 0 aliphatic carbocycles. The molecule has 6 nitrogen and oxygen atoms in total. The molecule has 0 aromatic carbocycles. The van der Waals surface area contributed by atoms with E-state index < -0.39 is 0 Å². The van der Waals surface area contributed by atoms with Crippen LogP contribution in [0.2, 0.25) is 0 Å². The molecule has 0 saturated carbocycles. The average Bonchev–Trinajstić information content (AvgIpc) is 2.38. The summed E-state index contributed by atoms with van der Waals surface area (Å²) in [5.41, 5.74) is 0. The number of halogens is 1. The van der Waals surface area contributed by atoms with Crippen molar-refractivity contribution in [1.29, 1.82) is 0 Å². The summed E-state index contributed by atoms with van der Waals surface area (Å²) in [6.07, 6.45) is 2.76. The molecule has 1 aromatic heterocycles. The van der Waals surface area contributed by atoms with Crippen LogP contribution in [-0.4, -0.2) is 36.1 Å². The third-order valence-electron chi connectivity index (χ3n) is 2.20. The van der Waals surface area contributed by atoms with Gasteiger partial charge in [0.1, 0.15) is 0 Å². The maximum Gasteiger partial charge on any atom is 0.216 e. The Morgan fingerprint density at radius 2 is 2.41 bits per heavy atom. The van der Waals surface area contributed by atoms with Gasteiger partial charge in [-0.15, -0.1) is 24.0 Å². The van der Waals surface area contributed by atoms with Crippen LogP contribution in [0.3, 0.4) is 0 Å². The van der Waals surface area contributed by atoms with Gasteiger partial charge in [0.2, 0.25) is 5.88 Å². The fourth-order valence-electron chi connectivity index (χ4n) is 1.39. The van der Waals surface area contributed by atoms with Crippen LogP contribution in [0.1, 0.15) is 12.2 Å². The number of nitrogens with one attached hydrogen (secondary N) is 2. The predicted molar refractivity (Wildman–Crippen MR) is 75.8 cm³/mol. The number of hydrogen-bond acceptors (Lipinski definition) is 6. The zero-order chi connectivity index (χ0) is 11.2. The van der Waals surface area contributed by atoms with Gasteiger partial charge >= 0.3 is 0 Å². The van der Waals surface area contributed by atoms with E-state index in [9.17, 15) is 0 Å². The van der Waals surface area contributed by atoms with E-state index in [2.05, 4.69) is 25.6 Å². The number of ether oxygens (including phenoxy) is 1. The molecule has 1 aliphatic heterocycles. The molecule has 17 heavy (non-hydrogen) atoms. The van der Waals surface area contributed by atoms with Crippen molar-refractivity contribution in [3.8, 4) is 5.88 Å². The van der Waals surface area contributed by atoms with E-state index in [0.29, 0.717) is 18.2 Å². The number of aromatic nitrogens is 2. The minimum Gasteiger partial charge on any atom is -0.481 e. The van der Waals surface area contributed by atoms with Crippen LogP contribution in [0.15, 0.2) is 17.3 Å². The van der Waals surface area contributed by atoms with Crippen molar-refractivity contribution in [2.24, 2.45) is 4.99 Å². The highest BCUT2D eigenvalue weighted by molar-refractivity contribution is 14.0. The second kappa shape index (κ2) is 7.25. The third-order valence-corrected chi connectivity index (χ3v) is 2.20. The monoisotopic (exact) mass is 349 g/mol. The summed E-state index contributed by atoms with van der Waals surface area (Å²) in [7, 11) is 1.59. The van der Waals surface area contributed by atoms with Crippen molar-refractivity contribution >= 4 is 29.9 Å². The van der Waals surface area contributed by atoms with Gasteiger partial charge in [0.15, 0.2) is 11.8 Å². The molecule has 1 aliphatic rings. The lowest BCUT2D eigenvalue weighted by atomic mass is 10.4. The Morgan fingerprint density at radius 1 is 1.53 bits per heavy atom. The quantitative estimate of drug-likeness (QED) is 0.780. The summed E-state index contributed by atoms with van der Waals surface area (Å²) in [4.78, 5) is 12.6. The number of methoxy groups -OCH3 is 1. The number of guanidine groups is 1. The van der Waals surface area contributed by atoms with Crippen LogP contribution in [-0.2, 0) is 6.54 Å². The number of rotatable bonds is 3. The first-order valence-corrected chi connectivity index (χ1v) is 5.26. The van der Waals surface area contributed by atoms with Gasteiger partial charge in [-0.2, -0.15) is 4.98 Å². The first kappa shape index (κ1) is 13.9. The second-order valence-electron chi connectivity index (χ2n) is 3.38. The van der Waals surface area contributed by atoms with Crippen LogP contribution in [0.4, 0.5) is 0 Å². The van der Waals surface area contributed by atoms with Gasteiger partial charge in [0.05, 0.1) is 13.7 Å². The van der Waals surface area contributed by atoms with E-state index in [0.717, 1.165) is 25.5 Å². The molecule has 0 amide bonds. The molecule has 0 atom stereocenters. The van der Waals surface area contributed by atoms with E-state index in [1.807, 2.05) is 0 Å². The molecule has 0 radical (unpaired) electrons. The third kappa shape index (κ3) is 4.33. The SMILES string of the molecule is COc1ccnc(CNC2=NCCCN2)n1.I. The van der Waals surface area contributed by atoms with Gasteiger partial charge in [-0.1, -0.05) is 0 Å². The zero-order valence-electron chi connectivity index (χ0n) is 9.64. The minimum absolute atomic E-state index is 0. The molecule has 0 saturated heterocycles. The summed E-state index contributed by atoms with van der Waals surface area (Å²) in [6, 6.07) is 1.72. The summed E-state index contributed by atoms with van der Waals surface area (Å²) >= 11 is 0. The van der Waals surface area contributed by atoms with E-state index in [1.54, 1.807) is 19.4 Å². The molecule has 0 bridgehead atoms. The van der Waals surface area contributed by atoms with E-state index >= 15 is 0 Å². The first-order valence-electron chi connectivity index (χ1n) is 5.26. The standard InChI is InChI=1S/C10H15N5O.HI/c1-16-9-3-6-11-8(15-9)7-14-10-12-4-2-5-13-10;/h3,6H,2,4-5,7H2,1H3,(H2,12,13,14);1H. The Bertz CT molecular complexity index is 385. The van der Waals surface area contributed by atoms with Gasteiger partial charge in [-0.3, -0.25) is 4.99 Å². The van der Waals surface area contributed by atoms with Crippen molar-refractivity contribution in [3.05, 3.63) is 18.1 Å². The van der Waals surface area contributed by atoms with Gasteiger partial charge in [0.25, 0.3) is 0 Å². The summed E-state index contributed by atoms with van der Waals surface area (Å²) in [6.45, 7) is 2.38. The number of hydrogen-bond donors (Lipinski definition) is 2. The number of nitrogens with zero attached hydrogens (tertiary/aromatic N) is 3. The smallest absolute Gasteiger partial charge is 0.216 e. The molecule has 2 N–H and O–H groups in total. The highest BCUT2D eigenvalue weighted by Gasteiger charge is 2.04. The fourth-order valence-corrected chi connectivity index (χ4v) is 1.39. The molecule has 2 rings (SSSR count). The number of aliphatic imine (C=N–C) groups is 1. The van der Waals surface area contributed by atoms with Crippen molar-refractivity contribution < 1.29 is 4.74 Å². The lowest BCUT2D eigenvalue weighted by molar-refractivity contribution is 0.394. The highest BCUT2D eigenvalue weighted by Crippen LogP contribution is 2.03. The maximum absolute atomic E-state index is 5.02. The van der Waals surface area contributed by atoms with Crippen molar-refractivity contribution in [2.75, 3.05) is 20.2 Å². The zero-order valence-corrected chi connectivity index (χ0v) is 12.0. The molecule has 2 heterocycles. The Hall–Kier alpha value is -1.12. The van der Waals surface area contributed by atoms with Crippen LogP contribution < -0.4 is 15.4 Å². The summed E-state index contributed by atoms with van der Waals surface area (Å²) in [5.74, 6) is 2.08. The molecular weight excluding hydrogens is 333 g/mol. The van der Waals surface area contributed by atoms with Crippen LogP contribution in [0.25, 0.3) is 0 Å². The minimum atomic E-state index is 0. The van der Waals surface area contributed by atoms with Crippen LogP contribution in [0, 0.1) is 0 Å². The lowest BCUT2D eigenvalue weighted by Gasteiger charge is -2.15. The predicted octanol–water partition coefficient (Wildman–Crippen LogP) is 0.542. The van der Waals surface area contributed by atoms with Crippen molar-refractivity contribution in [3.63, 3.8) is 0 Å². The van der Waals surface area contributed by atoms with Crippen molar-refractivity contribution in [1.82, 2.24) is 20.6 Å². The summed E-state index contributed by atoms with van der Waals surface area (Å²) < 4.78 is 5.02. The van der Waals surface area contributed by atoms with Crippen LogP contribution in [0.5, 0.6) is 5.88 Å². The Labute approximate surface area is 117 Å². The van der Waals surface area contributed by atoms with Gasteiger partial charge < -0.3 is 15.4 Å². The van der Waals surface area contributed by atoms with Gasteiger partial charge in [-0.05, 0) is 6.42 Å². The molecule has 0 unspecified atom stereocenters. The molecule has 0 fully saturated rings.